The van der Waals surface area contributed by atoms with Crippen LogP contribution in [0.3, 0.4) is 0 Å². The summed E-state index contributed by atoms with van der Waals surface area (Å²) >= 11 is 0. The molecule has 1 aromatic carbocycles. The number of hydrogen-bond acceptors (Lipinski definition) is 4. The molecule has 3 rings (SSSR count). The second-order valence-electron chi connectivity index (χ2n) is 4.26. The van der Waals surface area contributed by atoms with Gasteiger partial charge in [-0.05, 0) is 24.3 Å². The number of carboxylic acids is 1. The van der Waals surface area contributed by atoms with Gasteiger partial charge in [0.15, 0.2) is 23.0 Å². The second-order valence-corrected chi connectivity index (χ2v) is 4.26. The Balaban J connectivity index is 1.90. The molecule has 0 bridgehead atoms. The number of ether oxygens (including phenoxy) is 1. The van der Waals surface area contributed by atoms with Crippen LogP contribution in [0.4, 0.5) is 4.39 Å². The van der Waals surface area contributed by atoms with Gasteiger partial charge in [-0.1, -0.05) is 12.1 Å². The van der Waals surface area contributed by atoms with E-state index in [2.05, 4.69) is 10.2 Å². The number of pyridine rings is 1. The summed E-state index contributed by atoms with van der Waals surface area (Å²) in [4.78, 5) is 11.1. The number of halogens is 1. The van der Waals surface area contributed by atoms with Gasteiger partial charge in [0.2, 0.25) is 0 Å². The first-order valence-electron chi connectivity index (χ1n) is 6.10. The number of rotatable bonds is 4. The third-order valence-electron chi connectivity index (χ3n) is 2.93. The highest BCUT2D eigenvalue weighted by Gasteiger charge is 2.14. The Kier molecular flexibility index (Phi) is 3.23. The molecule has 2 heterocycles. The van der Waals surface area contributed by atoms with Gasteiger partial charge in [-0.2, -0.15) is 0 Å². The molecule has 0 saturated carbocycles. The highest BCUT2D eigenvalue weighted by atomic mass is 19.1. The predicted octanol–water partition coefficient (Wildman–Crippen LogP) is 2.15. The number of para-hydroxylation sites is 1. The number of benzene rings is 1. The largest absolute Gasteiger partial charge is 0.483 e. The van der Waals surface area contributed by atoms with E-state index in [0.29, 0.717) is 5.82 Å². The summed E-state index contributed by atoms with van der Waals surface area (Å²) in [5, 5.41) is 16.8. The van der Waals surface area contributed by atoms with Gasteiger partial charge >= 0.3 is 5.97 Å². The fourth-order valence-corrected chi connectivity index (χ4v) is 1.93. The summed E-state index contributed by atoms with van der Waals surface area (Å²) in [6.07, 6.45) is 1.63. The Bertz CT molecular complexity index is 816. The van der Waals surface area contributed by atoms with E-state index in [1.807, 2.05) is 0 Å². The minimum absolute atomic E-state index is 0.0226. The van der Waals surface area contributed by atoms with Gasteiger partial charge in [-0.15, -0.1) is 10.2 Å². The lowest BCUT2D eigenvalue weighted by Crippen LogP contribution is -2.04. The van der Waals surface area contributed by atoms with Crippen molar-refractivity contribution in [3.8, 4) is 5.75 Å². The van der Waals surface area contributed by atoms with Crippen molar-refractivity contribution in [3.63, 3.8) is 0 Å². The minimum atomic E-state index is -1.09. The number of carbonyl (C=O) groups is 1. The zero-order chi connectivity index (χ0) is 14.8. The van der Waals surface area contributed by atoms with Gasteiger partial charge in [-0.3, -0.25) is 4.40 Å². The summed E-state index contributed by atoms with van der Waals surface area (Å²) in [6.45, 7) is -0.0226. The van der Waals surface area contributed by atoms with Gasteiger partial charge in [0.25, 0.3) is 0 Å². The molecule has 0 aliphatic heterocycles. The maximum atomic E-state index is 13.5. The summed E-state index contributed by atoms with van der Waals surface area (Å²) in [7, 11) is 0. The average Bonchev–Trinajstić information content (AvgIpc) is 2.89. The van der Waals surface area contributed by atoms with Gasteiger partial charge in [0.1, 0.15) is 12.2 Å². The first-order valence-corrected chi connectivity index (χ1v) is 6.10. The maximum Gasteiger partial charge on any atom is 0.339 e. The highest BCUT2D eigenvalue weighted by molar-refractivity contribution is 5.94. The summed E-state index contributed by atoms with van der Waals surface area (Å²) in [6, 6.07) is 9.03. The molecule has 0 aliphatic rings. The highest BCUT2D eigenvalue weighted by Crippen LogP contribution is 2.17. The van der Waals surface area contributed by atoms with Crippen molar-refractivity contribution in [2.45, 2.75) is 6.61 Å². The van der Waals surface area contributed by atoms with E-state index in [1.165, 1.54) is 22.6 Å². The van der Waals surface area contributed by atoms with Crippen molar-refractivity contribution in [1.29, 1.82) is 0 Å². The molecule has 0 spiro atoms. The molecule has 6 nitrogen and oxygen atoms in total. The van der Waals surface area contributed by atoms with Crippen molar-refractivity contribution < 1.29 is 19.0 Å². The van der Waals surface area contributed by atoms with Crippen LogP contribution in [0.5, 0.6) is 5.75 Å². The number of aromatic nitrogens is 3. The molecule has 0 aliphatic carbocycles. The Hall–Kier alpha value is -2.96. The summed E-state index contributed by atoms with van der Waals surface area (Å²) in [5.74, 6) is -1.08. The monoisotopic (exact) mass is 287 g/mol. The smallest absolute Gasteiger partial charge is 0.339 e. The third kappa shape index (κ3) is 2.40. The molecule has 3 aromatic rings. The molecule has 106 valence electrons. The number of carboxylic acid groups (broad SMARTS) is 1. The molecule has 21 heavy (non-hydrogen) atoms. The molecule has 0 saturated heterocycles. The lowest BCUT2D eigenvalue weighted by atomic mass is 10.3. The molecular formula is C14H10FN3O3. The number of hydrogen-bond donors (Lipinski definition) is 1. The minimum Gasteiger partial charge on any atom is -0.483 e. The van der Waals surface area contributed by atoms with Crippen LogP contribution in [0.1, 0.15) is 16.2 Å². The molecule has 0 fully saturated rings. The number of aromatic carboxylic acids is 1. The molecule has 0 unspecified atom stereocenters. The topological polar surface area (TPSA) is 76.7 Å². The van der Waals surface area contributed by atoms with Crippen molar-refractivity contribution in [2.24, 2.45) is 0 Å². The van der Waals surface area contributed by atoms with Crippen LogP contribution in [-0.2, 0) is 6.61 Å². The normalized spacial score (nSPS) is 10.7. The molecule has 7 heteroatoms. The third-order valence-corrected chi connectivity index (χ3v) is 2.93. The molecule has 0 radical (unpaired) electrons. The zero-order valence-corrected chi connectivity index (χ0v) is 10.7. The van der Waals surface area contributed by atoms with Crippen LogP contribution in [-0.4, -0.2) is 25.7 Å². The zero-order valence-electron chi connectivity index (χ0n) is 10.7. The van der Waals surface area contributed by atoms with Crippen LogP contribution in [0.15, 0.2) is 42.6 Å². The van der Waals surface area contributed by atoms with Crippen LogP contribution < -0.4 is 4.74 Å². The summed E-state index contributed by atoms with van der Waals surface area (Å²) in [5.41, 5.74) is 0.263. The fourth-order valence-electron chi connectivity index (χ4n) is 1.93. The molecule has 2 aromatic heterocycles. The lowest BCUT2D eigenvalue weighted by Gasteiger charge is -2.06. The van der Waals surface area contributed by atoms with Crippen LogP contribution >= 0.6 is 0 Å². The van der Waals surface area contributed by atoms with Gasteiger partial charge in [0.05, 0.1) is 0 Å². The molecule has 1 N–H and O–H groups in total. The van der Waals surface area contributed by atoms with E-state index < -0.39 is 11.8 Å². The van der Waals surface area contributed by atoms with E-state index in [9.17, 15) is 9.18 Å². The van der Waals surface area contributed by atoms with E-state index in [1.54, 1.807) is 24.4 Å². The van der Waals surface area contributed by atoms with Gasteiger partial charge < -0.3 is 9.84 Å². The van der Waals surface area contributed by atoms with Crippen molar-refractivity contribution >= 4 is 11.6 Å². The van der Waals surface area contributed by atoms with Crippen LogP contribution in [0.2, 0.25) is 0 Å². The Morgan fingerprint density at radius 3 is 2.81 bits per heavy atom. The van der Waals surface area contributed by atoms with Crippen molar-refractivity contribution in [2.75, 3.05) is 0 Å². The fraction of sp³-hybridized carbons (Fsp3) is 0.0714. The standard InChI is InChI=1S/C14H10FN3O3/c15-10-5-1-2-6-11(10)21-8-12-16-17-13-9(14(19)20)4-3-7-18(12)13/h1-7H,8H2,(H,19,20). The molecule has 0 atom stereocenters. The lowest BCUT2D eigenvalue weighted by molar-refractivity contribution is 0.0698. The van der Waals surface area contributed by atoms with Crippen molar-refractivity contribution in [3.05, 3.63) is 59.8 Å². The maximum absolute atomic E-state index is 13.5. The average molecular weight is 287 g/mol. The summed E-state index contributed by atoms with van der Waals surface area (Å²) < 4.78 is 20.3. The Labute approximate surface area is 118 Å². The van der Waals surface area contributed by atoms with E-state index in [0.717, 1.165) is 0 Å². The van der Waals surface area contributed by atoms with E-state index in [4.69, 9.17) is 9.84 Å². The SMILES string of the molecule is O=C(O)c1cccn2c(COc3ccccc3F)nnc12. The first-order chi connectivity index (χ1) is 10.2. The number of nitrogens with zero attached hydrogens (tertiary/aromatic N) is 3. The Morgan fingerprint density at radius 2 is 2.05 bits per heavy atom. The number of fused-ring (bicyclic) bond motifs is 1. The van der Waals surface area contributed by atoms with E-state index >= 15 is 0 Å². The van der Waals surface area contributed by atoms with Gasteiger partial charge in [-0.25, -0.2) is 9.18 Å². The van der Waals surface area contributed by atoms with Crippen molar-refractivity contribution in [1.82, 2.24) is 14.6 Å². The predicted molar refractivity (Wildman–Crippen MR) is 70.7 cm³/mol. The quantitative estimate of drug-likeness (QED) is 0.795. The van der Waals surface area contributed by atoms with Crippen LogP contribution in [0, 0.1) is 5.82 Å². The second kappa shape index (κ2) is 5.20. The van der Waals surface area contributed by atoms with Crippen LogP contribution in [0.25, 0.3) is 5.65 Å². The Morgan fingerprint density at radius 1 is 1.24 bits per heavy atom. The molecular weight excluding hydrogens is 277 g/mol. The van der Waals surface area contributed by atoms with E-state index in [-0.39, 0.29) is 23.6 Å². The van der Waals surface area contributed by atoms with Gasteiger partial charge in [0, 0.05) is 6.20 Å². The first kappa shape index (κ1) is 13.0. The molecule has 0 amide bonds.